The number of anilines is 1. The molecule has 0 aliphatic rings. The zero-order valence-corrected chi connectivity index (χ0v) is 11.9. The summed E-state index contributed by atoms with van der Waals surface area (Å²) in [5.74, 6) is -1.03. The molecule has 1 heterocycles. The van der Waals surface area contributed by atoms with E-state index in [4.69, 9.17) is 5.11 Å². The molecule has 0 atom stereocenters. The van der Waals surface area contributed by atoms with Gasteiger partial charge in [0, 0.05) is 6.54 Å². The Morgan fingerprint density at radius 1 is 1.43 bits per heavy atom. The lowest BCUT2D eigenvalue weighted by Crippen LogP contribution is -2.07. The molecule has 0 aliphatic heterocycles. The van der Waals surface area contributed by atoms with Gasteiger partial charge in [0.15, 0.2) is 0 Å². The number of aromatic carboxylic acids is 1. The Bertz CT molecular complexity index is 632. The summed E-state index contributed by atoms with van der Waals surface area (Å²) in [5, 5.41) is 15.6. The van der Waals surface area contributed by atoms with Crippen LogP contribution in [-0.2, 0) is 6.54 Å². The molecule has 0 saturated heterocycles. The van der Waals surface area contributed by atoms with Crippen LogP contribution in [0.1, 0.15) is 28.2 Å². The van der Waals surface area contributed by atoms with Crippen LogP contribution in [0.5, 0.6) is 0 Å². The van der Waals surface area contributed by atoms with Crippen molar-refractivity contribution in [2.24, 2.45) is 0 Å². The number of alkyl halides is 2. The summed E-state index contributed by atoms with van der Waals surface area (Å²) < 4.78 is 25.5. The number of rotatable bonds is 5. The van der Waals surface area contributed by atoms with Crippen LogP contribution in [0.15, 0.2) is 30.5 Å². The van der Waals surface area contributed by atoms with E-state index in [9.17, 15) is 13.6 Å². The fraction of sp³-hybridized carbons (Fsp3) is 0.231. The van der Waals surface area contributed by atoms with Crippen molar-refractivity contribution in [1.29, 1.82) is 0 Å². The van der Waals surface area contributed by atoms with E-state index in [1.807, 2.05) is 0 Å². The van der Waals surface area contributed by atoms with Gasteiger partial charge in [-0.25, -0.2) is 9.48 Å². The third kappa shape index (κ3) is 3.91. The van der Waals surface area contributed by atoms with Gasteiger partial charge in [-0.3, -0.25) is 0 Å². The van der Waals surface area contributed by atoms with Crippen molar-refractivity contribution < 1.29 is 18.7 Å². The van der Waals surface area contributed by atoms with Crippen LogP contribution in [0.25, 0.3) is 0 Å². The Morgan fingerprint density at radius 3 is 2.67 bits per heavy atom. The second-order valence-corrected chi connectivity index (χ2v) is 4.20. The van der Waals surface area contributed by atoms with Crippen molar-refractivity contribution in [3.8, 4) is 0 Å². The van der Waals surface area contributed by atoms with E-state index in [-0.39, 0.29) is 24.5 Å². The Kier molecular flexibility index (Phi) is 5.66. The average molecular weight is 318 g/mol. The van der Waals surface area contributed by atoms with E-state index < -0.39 is 12.5 Å². The summed E-state index contributed by atoms with van der Waals surface area (Å²) in [7, 11) is 0. The van der Waals surface area contributed by atoms with Gasteiger partial charge in [-0.15, -0.1) is 12.4 Å². The first-order valence-corrected chi connectivity index (χ1v) is 5.88. The topological polar surface area (TPSA) is 67.2 Å². The number of hydrogen-bond acceptors (Lipinski definition) is 3. The second-order valence-electron chi connectivity index (χ2n) is 4.20. The minimum atomic E-state index is -2.70. The summed E-state index contributed by atoms with van der Waals surface area (Å²) in [6.45, 7) is -0.877. The predicted octanol–water partition coefficient (Wildman–Crippen LogP) is 3.32. The van der Waals surface area contributed by atoms with E-state index in [0.29, 0.717) is 21.6 Å². The van der Waals surface area contributed by atoms with Crippen molar-refractivity contribution in [3.63, 3.8) is 0 Å². The van der Waals surface area contributed by atoms with E-state index >= 15 is 0 Å². The molecule has 0 aliphatic carbocycles. The summed E-state index contributed by atoms with van der Waals surface area (Å²) in [5.41, 5.74) is 1.63. The van der Waals surface area contributed by atoms with Gasteiger partial charge in [-0.2, -0.15) is 13.9 Å². The van der Waals surface area contributed by atoms with Gasteiger partial charge in [0.25, 0.3) is 0 Å². The lowest BCUT2D eigenvalue weighted by Gasteiger charge is -2.07. The number of nitrogens with zero attached hydrogens (tertiary/aromatic N) is 2. The molecular weight excluding hydrogens is 304 g/mol. The number of halogens is 3. The Labute approximate surface area is 126 Å². The van der Waals surface area contributed by atoms with Gasteiger partial charge < -0.3 is 10.4 Å². The lowest BCUT2D eigenvalue weighted by atomic mass is 10.1. The average Bonchev–Trinajstić information content (AvgIpc) is 2.78. The highest BCUT2D eigenvalue weighted by molar-refractivity contribution is 5.89. The quantitative estimate of drug-likeness (QED) is 0.887. The van der Waals surface area contributed by atoms with Gasteiger partial charge in [0.2, 0.25) is 0 Å². The van der Waals surface area contributed by atoms with E-state index in [1.165, 1.54) is 12.3 Å². The molecule has 8 heteroatoms. The fourth-order valence-corrected chi connectivity index (χ4v) is 1.83. The molecule has 0 amide bonds. The zero-order chi connectivity index (χ0) is 14.7. The van der Waals surface area contributed by atoms with Crippen molar-refractivity contribution in [2.45, 2.75) is 20.0 Å². The van der Waals surface area contributed by atoms with Gasteiger partial charge in [-0.1, -0.05) is 18.2 Å². The highest BCUT2D eigenvalue weighted by atomic mass is 35.5. The summed E-state index contributed by atoms with van der Waals surface area (Å²) in [6.07, 6.45) is 1.20. The fourth-order valence-electron chi connectivity index (χ4n) is 1.83. The van der Waals surface area contributed by atoms with Crippen LogP contribution < -0.4 is 5.32 Å². The largest absolute Gasteiger partial charge is 0.478 e. The standard InChI is InChI=1S/C13H13F2N3O2.ClH/c1-8-11(7-18(17-8)13(14)15)16-6-9-4-2-3-5-10(9)12(19)20;/h2-5,7,13,16H,6H2,1H3,(H,19,20);1H. The first kappa shape index (κ1) is 16.9. The maximum absolute atomic E-state index is 12.5. The highest BCUT2D eigenvalue weighted by Crippen LogP contribution is 2.19. The molecule has 1 aromatic heterocycles. The number of hydrogen-bond donors (Lipinski definition) is 2. The van der Waals surface area contributed by atoms with Gasteiger partial charge in [-0.05, 0) is 18.6 Å². The van der Waals surface area contributed by atoms with Crippen LogP contribution >= 0.6 is 12.4 Å². The summed E-state index contributed by atoms with van der Waals surface area (Å²) in [6, 6.07) is 6.52. The Morgan fingerprint density at radius 2 is 2.10 bits per heavy atom. The van der Waals surface area contributed by atoms with Crippen LogP contribution in [0.3, 0.4) is 0 Å². The number of nitrogens with one attached hydrogen (secondary N) is 1. The molecule has 5 nitrogen and oxygen atoms in total. The number of benzene rings is 1. The second kappa shape index (κ2) is 7.03. The molecule has 2 N–H and O–H groups in total. The first-order chi connectivity index (χ1) is 9.49. The van der Waals surface area contributed by atoms with Crippen LogP contribution in [0.2, 0.25) is 0 Å². The smallest absolute Gasteiger partial charge is 0.336 e. The molecule has 2 aromatic rings. The molecule has 2 rings (SSSR count). The molecule has 0 unspecified atom stereocenters. The Balaban J connectivity index is 0.00000220. The predicted molar refractivity (Wildman–Crippen MR) is 76.2 cm³/mol. The number of aromatic nitrogens is 2. The van der Waals surface area contributed by atoms with Crippen LogP contribution in [-0.4, -0.2) is 20.9 Å². The molecule has 0 saturated carbocycles. The minimum absolute atomic E-state index is 0. The van der Waals surface area contributed by atoms with Crippen LogP contribution in [0, 0.1) is 6.92 Å². The number of carboxylic acids is 1. The molecular formula is C13H14ClF2N3O2. The monoisotopic (exact) mass is 317 g/mol. The van der Waals surface area contributed by atoms with Crippen molar-refractivity contribution in [1.82, 2.24) is 9.78 Å². The third-order valence-corrected chi connectivity index (χ3v) is 2.83. The number of carboxylic acid groups (broad SMARTS) is 1. The zero-order valence-electron chi connectivity index (χ0n) is 11.1. The summed E-state index contributed by atoms with van der Waals surface area (Å²) >= 11 is 0. The number of carbonyl (C=O) groups is 1. The molecule has 0 bridgehead atoms. The highest BCUT2D eigenvalue weighted by Gasteiger charge is 2.13. The van der Waals surface area contributed by atoms with E-state index in [0.717, 1.165) is 0 Å². The van der Waals surface area contributed by atoms with Crippen molar-refractivity contribution >= 4 is 24.1 Å². The molecule has 114 valence electrons. The van der Waals surface area contributed by atoms with E-state index in [2.05, 4.69) is 10.4 Å². The third-order valence-electron chi connectivity index (χ3n) is 2.83. The van der Waals surface area contributed by atoms with Gasteiger partial charge in [0.05, 0.1) is 23.1 Å². The maximum atomic E-state index is 12.5. The van der Waals surface area contributed by atoms with Crippen molar-refractivity contribution in [2.75, 3.05) is 5.32 Å². The molecule has 21 heavy (non-hydrogen) atoms. The van der Waals surface area contributed by atoms with E-state index in [1.54, 1.807) is 25.1 Å². The molecule has 0 radical (unpaired) electrons. The minimum Gasteiger partial charge on any atom is -0.478 e. The van der Waals surface area contributed by atoms with Gasteiger partial charge >= 0.3 is 12.5 Å². The first-order valence-electron chi connectivity index (χ1n) is 5.88. The molecule has 0 spiro atoms. The molecule has 0 fully saturated rings. The lowest BCUT2D eigenvalue weighted by molar-refractivity contribution is 0.0563. The van der Waals surface area contributed by atoms with Gasteiger partial charge in [0.1, 0.15) is 0 Å². The SMILES string of the molecule is Cc1nn(C(F)F)cc1NCc1ccccc1C(=O)O.Cl. The maximum Gasteiger partial charge on any atom is 0.336 e. The molecule has 1 aromatic carbocycles. The van der Waals surface area contributed by atoms with Crippen LogP contribution in [0.4, 0.5) is 14.5 Å². The Hall–Kier alpha value is -2.15. The summed E-state index contributed by atoms with van der Waals surface area (Å²) in [4.78, 5) is 11.1. The normalized spacial score (nSPS) is 10.3. The van der Waals surface area contributed by atoms with Crippen molar-refractivity contribution in [3.05, 3.63) is 47.3 Å². The number of aryl methyl sites for hydroxylation is 1.